The molecular weight excluding hydrogens is 218 g/mol. The molecule has 0 amide bonds. The first-order valence-corrected chi connectivity index (χ1v) is 8.29. The highest BCUT2D eigenvalue weighted by atomic mass is 15.3. The minimum atomic E-state index is 0.805. The van der Waals surface area contributed by atoms with E-state index >= 15 is 0 Å². The van der Waals surface area contributed by atoms with Crippen molar-refractivity contribution in [2.45, 2.75) is 90.5 Å². The van der Waals surface area contributed by atoms with Crippen molar-refractivity contribution in [1.82, 2.24) is 0 Å². The lowest BCUT2D eigenvalue weighted by Gasteiger charge is -2.31. The highest BCUT2D eigenvalue weighted by molar-refractivity contribution is 4.52. The summed E-state index contributed by atoms with van der Waals surface area (Å²) in [5.41, 5.74) is 0. The van der Waals surface area contributed by atoms with Gasteiger partial charge in [-0.2, -0.15) is 0 Å². The zero-order valence-electron chi connectivity index (χ0n) is 13.8. The van der Waals surface area contributed by atoms with Gasteiger partial charge in [0.25, 0.3) is 0 Å². The molecule has 1 nitrogen and oxygen atoms in total. The molecule has 0 saturated carbocycles. The molecule has 0 aromatic carbocycles. The smallest absolute Gasteiger partial charge is 0.0855 e. The molecular formula is C17H38N+. The van der Waals surface area contributed by atoms with E-state index < -0.39 is 0 Å². The summed E-state index contributed by atoms with van der Waals surface area (Å²) < 4.78 is 1.11. The Bertz CT molecular complexity index is 169. The van der Waals surface area contributed by atoms with Crippen LogP contribution in [0.5, 0.6) is 0 Å². The van der Waals surface area contributed by atoms with E-state index in [1.165, 1.54) is 70.6 Å². The summed E-state index contributed by atoms with van der Waals surface area (Å²) in [7, 11) is 6.92. The molecule has 0 bridgehead atoms. The third kappa shape index (κ3) is 11.1. The predicted molar refractivity (Wildman–Crippen MR) is 84.0 cm³/mol. The lowest BCUT2D eigenvalue weighted by Crippen LogP contribution is -2.43. The number of hydrogen-bond acceptors (Lipinski definition) is 0. The largest absolute Gasteiger partial charge is 0.329 e. The quantitative estimate of drug-likeness (QED) is 0.324. The monoisotopic (exact) mass is 256 g/mol. The number of unbranched alkanes of at least 4 members (excludes halogenated alkanes) is 9. The molecule has 18 heavy (non-hydrogen) atoms. The van der Waals surface area contributed by atoms with Gasteiger partial charge >= 0.3 is 0 Å². The van der Waals surface area contributed by atoms with E-state index in [9.17, 15) is 0 Å². The van der Waals surface area contributed by atoms with Gasteiger partial charge in [-0.05, 0) is 19.8 Å². The Morgan fingerprint density at radius 2 is 1.06 bits per heavy atom. The second-order valence-corrected chi connectivity index (χ2v) is 6.94. The van der Waals surface area contributed by atoms with Crippen LogP contribution < -0.4 is 0 Å². The molecule has 0 N–H and O–H groups in total. The van der Waals surface area contributed by atoms with Crippen molar-refractivity contribution in [1.29, 1.82) is 0 Å². The molecule has 1 atom stereocenters. The molecule has 0 rings (SSSR count). The van der Waals surface area contributed by atoms with Crippen LogP contribution in [0.25, 0.3) is 0 Å². The van der Waals surface area contributed by atoms with Crippen LogP contribution in [0, 0.1) is 0 Å². The highest BCUT2D eigenvalue weighted by Gasteiger charge is 2.16. The topological polar surface area (TPSA) is 0 Å². The van der Waals surface area contributed by atoms with Gasteiger partial charge in [-0.1, -0.05) is 64.7 Å². The van der Waals surface area contributed by atoms with E-state index in [0.717, 1.165) is 10.5 Å². The van der Waals surface area contributed by atoms with Gasteiger partial charge in [0.05, 0.1) is 27.2 Å². The van der Waals surface area contributed by atoms with Gasteiger partial charge in [0, 0.05) is 0 Å². The van der Waals surface area contributed by atoms with E-state index in [2.05, 4.69) is 35.0 Å². The Balaban J connectivity index is 3.17. The molecule has 0 heterocycles. The third-order valence-electron chi connectivity index (χ3n) is 4.30. The first-order chi connectivity index (χ1) is 8.48. The summed E-state index contributed by atoms with van der Waals surface area (Å²) in [5, 5.41) is 0. The summed E-state index contributed by atoms with van der Waals surface area (Å²) >= 11 is 0. The molecule has 0 aliphatic heterocycles. The summed E-state index contributed by atoms with van der Waals surface area (Å²) in [4.78, 5) is 0. The second kappa shape index (κ2) is 10.8. The van der Waals surface area contributed by atoms with Gasteiger partial charge < -0.3 is 4.48 Å². The minimum Gasteiger partial charge on any atom is -0.329 e. The third-order valence-corrected chi connectivity index (χ3v) is 4.30. The van der Waals surface area contributed by atoms with Crippen molar-refractivity contribution in [2.24, 2.45) is 0 Å². The molecule has 0 aromatic heterocycles. The van der Waals surface area contributed by atoms with Crippen LogP contribution in [-0.4, -0.2) is 31.7 Å². The summed E-state index contributed by atoms with van der Waals surface area (Å²) in [6.45, 7) is 4.67. The molecule has 1 unspecified atom stereocenters. The van der Waals surface area contributed by atoms with Crippen LogP contribution >= 0.6 is 0 Å². The molecule has 110 valence electrons. The van der Waals surface area contributed by atoms with E-state index in [-0.39, 0.29) is 0 Å². The fourth-order valence-electron chi connectivity index (χ4n) is 2.31. The second-order valence-electron chi connectivity index (χ2n) is 6.94. The minimum absolute atomic E-state index is 0.805. The van der Waals surface area contributed by atoms with E-state index in [1.807, 2.05) is 0 Å². The standard InChI is InChI=1S/C17H38N/c1-6-7-8-9-10-11-12-13-14-15-16-17(2)18(3,4)5/h17H,6-16H2,1-5H3/q+1. The maximum atomic E-state index is 2.38. The van der Waals surface area contributed by atoms with Crippen LogP contribution in [0.15, 0.2) is 0 Å². The molecule has 0 spiro atoms. The average molecular weight is 256 g/mol. The maximum absolute atomic E-state index is 2.38. The van der Waals surface area contributed by atoms with E-state index in [1.54, 1.807) is 0 Å². The van der Waals surface area contributed by atoms with Crippen molar-refractivity contribution < 1.29 is 4.48 Å². The van der Waals surface area contributed by atoms with Crippen molar-refractivity contribution in [3.05, 3.63) is 0 Å². The van der Waals surface area contributed by atoms with E-state index in [4.69, 9.17) is 0 Å². The molecule has 0 aliphatic carbocycles. The Morgan fingerprint density at radius 1 is 0.667 bits per heavy atom. The number of quaternary nitrogens is 1. The summed E-state index contributed by atoms with van der Waals surface area (Å²) in [5.74, 6) is 0. The van der Waals surface area contributed by atoms with Crippen LogP contribution in [0.1, 0.15) is 84.5 Å². The molecule has 0 fully saturated rings. The molecule has 0 aliphatic rings. The normalized spacial score (nSPS) is 13.8. The van der Waals surface area contributed by atoms with Crippen molar-refractivity contribution in [3.63, 3.8) is 0 Å². The van der Waals surface area contributed by atoms with Crippen molar-refractivity contribution in [3.8, 4) is 0 Å². The van der Waals surface area contributed by atoms with Crippen LogP contribution in [-0.2, 0) is 0 Å². The maximum Gasteiger partial charge on any atom is 0.0855 e. The van der Waals surface area contributed by atoms with Crippen molar-refractivity contribution in [2.75, 3.05) is 21.1 Å². The first kappa shape index (κ1) is 18.0. The Hall–Kier alpha value is -0.0400. The average Bonchev–Trinajstić information content (AvgIpc) is 2.30. The van der Waals surface area contributed by atoms with Crippen LogP contribution in [0.3, 0.4) is 0 Å². The fourth-order valence-corrected chi connectivity index (χ4v) is 2.31. The highest BCUT2D eigenvalue weighted by Crippen LogP contribution is 2.14. The Morgan fingerprint density at radius 3 is 1.44 bits per heavy atom. The molecule has 0 saturated heterocycles. The SMILES string of the molecule is CCCCCCCCCCCCC(C)[N+](C)(C)C. The van der Waals surface area contributed by atoms with Crippen LogP contribution in [0.2, 0.25) is 0 Å². The Kier molecular flexibility index (Phi) is 10.8. The van der Waals surface area contributed by atoms with Gasteiger partial charge in [0.2, 0.25) is 0 Å². The van der Waals surface area contributed by atoms with Gasteiger partial charge in [-0.25, -0.2) is 0 Å². The molecule has 1 heteroatoms. The lowest BCUT2D eigenvalue weighted by molar-refractivity contribution is -0.894. The zero-order chi connectivity index (χ0) is 13.9. The lowest BCUT2D eigenvalue weighted by atomic mass is 10.0. The summed E-state index contributed by atoms with van der Waals surface area (Å²) in [6, 6.07) is 0.805. The van der Waals surface area contributed by atoms with Gasteiger partial charge in [0.15, 0.2) is 0 Å². The number of hydrogen-bond donors (Lipinski definition) is 0. The first-order valence-electron chi connectivity index (χ1n) is 8.29. The van der Waals surface area contributed by atoms with E-state index in [0.29, 0.717) is 0 Å². The predicted octanol–water partition coefficient (Wildman–Crippen LogP) is 5.39. The van der Waals surface area contributed by atoms with Gasteiger partial charge in [-0.3, -0.25) is 0 Å². The molecule has 0 aromatic rings. The van der Waals surface area contributed by atoms with Crippen molar-refractivity contribution >= 4 is 0 Å². The van der Waals surface area contributed by atoms with Crippen LogP contribution in [0.4, 0.5) is 0 Å². The zero-order valence-corrected chi connectivity index (χ0v) is 13.8. The van der Waals surface area contributed by atoms with Gasteiger partial charge in [-0.15, -0.1) is 0 Å². The van der Waals surface area contributed by atoms with Gasteiger partial charge in [0.1, 0.15) is 0 Å². The Labute approximate surface area is 117 Å². The summed E-state index contributed by atoms with van der Waals surface area (Å²) in [6.07, 6.45) is 15.8. The number of rotatable bonds is 12. The fraction of sp³-hybridized carbons (Fsp3) is 1.00. The molecule has 0 radical (unpaired) electrons. The number of nitrogens with zero attached hydrogens (tertiary/aromatic N) is 1.